The molecule has 9 heteroatoms. The molecule has 0 aliphatic carbocycles. The van der Waals surface area contributed by atoms with Gasteiger partial charge in [-0.05, 0) is 20.8 Å². The Morgan fingerprint density at radius 1 is 1.33 bits per heavy atom. The van der Waals surface area contributed by atoms with Gasteiger partial charge in [-0.3, -0.25) is 4.79 Å². The van der Waals surface area contributed by atoms with Crippen molar-refractivity contribution in [1.82, 2.24) is 24.8 Å². The van der Waals surface area contributed by atoms with Crippen molar-refractivity contribution < 1.29 is 9.53 Å². The van der Waals surface area contributed by atoms with Crippen molar-refractivity contribution in [2.75, 3.05) is 36.8 Å². The SMILES string of the molecule is CC(C)(C)OC(=O)Cn1cnc2nc(N3CCNCC3)nc(N)c21. The summed E-state index contributed by atoms with van der Waals surface area (Å²) in [6.07, 6.45) is 1.54. The lowest BCUT2D eigenvalue weighted by molar-refractivity contribution is -0.155. The molecule has 1 aliphatic rings. The maximum Gasteiger partial charge on any atom is 0.326 e. The number of piperazine rings is 1. The maximum absolute atomic E-state index is 12.0. The van der Waals surface area contributed by atoms with Crippen LogP contribution in [0.1, 0.15) is 20.8 Å². The van der Waals surface area contributed by atoms with Gasteiger partial charge < -0.3 is 25.3 Å². The third-order valence-electron chi connectivity index (χ3n) is 3.61. The van der Waals surface area contributed by atoms with Crippen LogP contribution in [0.4, 0.5) is 11.8 Å². The summed E-state index contributed by atoms with van der Waals surface area (Å²) in [4.78, 5) is 27.2. The van der Waals surface area contributed by atoms with Gasteiger partial charge in [-0.15, -0.1) is 0 Å². The number of nitrogens with two attached hydrogens (primary N) is 1. The van der Waals surface area contributed by atoms with Gasteiger partial charge in [0.05, 0.1) is 6.33 Å². The van der Waals surface area contributed by atoms with Crippen molar-refractivity contribution in [3.63, 3.8) is 0 Å². The third kappa shape index (κ3) is 3.56. The molecule has 3 rings (SSSR count). The zero-order valence-electron chi connectivity index (χ0n) is 14.2. The fraction of sp³-hybridized carbons (Fsp3) is 0.600. The van der Waals surface area contributed by atoms with Crippen LogP contribution in [0.2, 0.25) is 0 Å². The largest absolute Gasteiger partial charge is 0.459 e. The number of nitrogens with one attached hydrogen (secondary N) is 1. The first-order valence-electron chi connectivity index (χ1n) is 7.99. The quantitative estimate of drug-likeness (QED) is 0.764. The molecule has 0 radical (unpaired) electrons. The number of nitrogens with zero attached hydrogens (tertiary/aromatic N) is 5. The monoisotopic (exact) mass is 333 g/mol. The topological polar surface area (TPSA) is 111 Å². The summed E-state index contributed by atoms with van der Waals surface area (Å²) in [7, 11) is 0. The van der Waals surface area contributed by atoms with Crippen LogP contribution in [0.25, 0.3) is 11.2 Å². The minimum atomic E-state index is -0.537. The second kappa shape index (κ2) is 6.23. The van der Waals surface area contributed by atoms with Crippen LogP contribution in [0, 0.1) is 0 Å². The van der Waals surface area contributed by atoms with Crippen LogP contribution >= 0.6 is 0 Å². The number of ether oxygens (including phenoxy) is 1. The number of rotatable bonds is 3. The highest BCUT2D eigenvalue weighted by Crippen LogP contribution is 2.21. The van der Waals surface area contributed by atoms with E-state index in [4.69, 9.17) is 10.5 Å². The first-order valence-corrected chi connectivity index (χ1v) is 7.99. The first kappa shape index (κ1) is 16.4. The van der Waals surface area contributed by atoms with Gasteiger partial charge >= 0.3 is 5.97 Å². The predicted octanol–water partition coefficient (Wildman–Crippen LogP) is 0.160. The zero-order valence-corrected chi connectivity index (χ0v) is 14.2. The number of hydrogen-bond acceptors (Lipinski definition) is 8. The van der Waals surface area contributed by atoms with Gasteiger partial charge in [-0.25, -0.2) is 4.98 Å². The van der Waals surface area contributed by atoms with E-state index < -0.39 is 5.60 Å². The van der Waals surface area contributed by atoms with E-state index in [1.54, 1.807) is 10.9 Å². The predicted molar refractivity (Wildman–Crippen MR) is 90.7 cm³/mol. The normalized spacial score (nSPS) is 15.7. The number of aromatic nitrogens is 4. The molecule has 1 fully saturated rings. The molecule has 0 amide bonds. The Hall–Kier alpha value is -2.42. The van der Waals surface area contributed by atoms with Crippen molar-refractivity contribution >= 4 is 28.9 Å². The summed E-state index contributed by atoms with van der Waals surface area (Å²) in [6, 6.07) is 0. The summed E-state index contributed by atoms with van der Waals surface area (Å²) in [6.45, 7) is 8.92. The van der Waals surface area contributed by atoms with Crippen molar-refractivity contribution in [2.45, 2.75) is 32.9 Å². The molecule has 1 aliphatic heterocycles. The Labute approximate surface area is 140 Å². The van der Waals surface area contributed by atoms with E-state index in [2.05, 4.69) is 25.2 Å². The molecule has 1 saturated heterocycles. The van der Waals surface area contributed by atoms with Crippen LogP contribution in [0.3, 0.4) is 0 Å². The van der Waals surface area contributed by atoms with Crippen molar-refractivity contribution in [3.05, 3.63) is 6.33 Å². The molecule has 3 heterocycles. The lowest BCUT2D eigenvalue weighted by atomic mass is 10.2. The van der Waals surface area contributed by atoms with Crippen molar-refractivity contribution in [3.8, 4) is 0 Å². The Balaban J connectivity index is 1.85. The number of imidazole rings is 1. The number of fused-ring (bicyclic) bond motifs is 1. The fourth-order valence-corrected chi connectivity index (χ4v) is 2.63. The molecule has 3 N–H and O–H groups in total. The second-order valence-electron chi connectivity index (χ2n) is 6.78. The van der Waals surface area contributed by atoms with Crippen LogP contribution in [-0.2, 0) is 16.1 Å². The smallest absolute Gasteiger partial charge is 0.326 e. The summed E-state index contributed by atoms with van der Waals surface area (Å²) in [5.74, 6) is 0.533. The highest BCUT2D eigenvalue weighted by Gasteiger charge is 2.20. The van der Waals surface area contributed by atoms with Gasteiger partial charge in [0.15, 0.2) is 11.5 Å². The highest BCUT2D eigenvalue weighted by molar-refractivity contribution is 5.84. The molecule has 2 aromatic rings. The Morgan fingerprint density at radius 2 is 2.04 bits per heavy atom. The second-order valence-corrected chi connectivity index (χ2v) is 6.78. The number of hydrogen-bond donors (Lipinski definition) is 2. The number of carbonyl (C=O) groups is 1. The van der Waals surface area contributed by atoms with Gasteiger partial charge in [0, 0.05) is 26.2 Å². The molecule has 0 bridgehead atoms. The van der Waals surface area contributed by atoms with Crippen LogP contribution in [-0.4, -0.2) is 57.3 Å². The van der Waals surface area contributed by atoms with E-state index >= 15 is 0 Å². The summed E-state index contributed by atoms with van der Waals surface area (Å²) in [5, 5.41) is 3.28. The molecule has 2 aromatic heterocycles. The lowest BCUT2D eigenvalue weighted by Gasteiger charge is -2.27. The standard InChI is InChI=1S/C15H23N7O2/c1-15(2,3)24-10(23)8-22-9-18-13-11(22)12(16)19-14(20-13)21-6-4-17-5-7-21/h9,17H,4-8H2,1-3H3,(H2,16,19,20). The van der Waals surface area contributed by atoms with E-state index in [1.165, 1.54) is 0 Å². The summed E-state index contributed by atoms with van der Waals surface area (Å²) < 4.78 is 6.96. The van der Waals surface area contributed by atoms with Gasteiger partial charge in [-0.2, -0.15) is 9.97 Å². The number of nitrogen functional groups attached to an aromatic ring is 1. The third-order valence-corrected chi connectivity index (χ3v) is 3.61. The highest BCUT2D eigenvalue weighted by atomic mass is 16.6. The van der Waals surface area contributed by atoms with Crippen LogP contribution < -0.4 is 16.0 Å². The molecule has 0 spiro atoms. The molecule has 0 saturated carbocycles. The van der Waals surface area contributed by atoms with E-state index in [0.29, 0.717) is 22.9 Å². The Bertz CT molecular complexity index is 744. The van der Waals surface area contributed by atoms with Gasteiger partial charge in [0.25, 0.3) is 0 Å². The van der Waals surface area contributed by atoms with Crippen molar-refractivity contribution in [1.29, 1.82) is 0 Å². The molecule has 24 heavy (non-hydrogen) atoms. The van der Waals surface area contributed by atoms with E-state index in [0.717, 1.165) is 26.2 Å². The maximum atomic E-state index is 12.0. The number of anilines is 2. The summed E-state index contributed by atoms with van der Waals surface area (Å²) in [5.41, 5.74) is 6.61. The average molecular weight is 333 g/mol. The molecule has 9 nitrogen and oxygen atoms in total. The van der Waals surface area contributed by atoms with E-state index in [-0.39, 0.29) is 12.5 Å². The van der Waals surface area contributed by atoms with Gasteiger partial charge in [-0.1, -0.05) is 0 Å². The lowest BCUT2D eigenvalue weighted by Crippen LogP contribution is -2.44. The molecule has 0 unspecified atom stereocenters. The molecule has 0 aromatic carbocycles. The molecular weight excluding hydrogens is 310 g/mol. The Morgan fingerprint density at radius 3 is 2.71 bits per heavy atom. The molecular formula is C15H23N7O2. The zero-order chi connectivity index (χ0) is 17.3. The van der Waals surface area contributed by atoms with Gasteiger partial charge in [0.1, 0.15) is 17.7 Å². The Kier molecular flexibility index (Phi) is 4.27. The van der Waals surface area contributed by atoms with E-state index in [9.17, 15) is 4.79 Å². The van der Waals surface area contributed by atoms with Crippen LogP contribution in [0.5, 0.6) is 0 Å². The van der Waals surface area contributed by atoms with Gasteiger partial charge in [0.2, 0.25) is 5.95 Å². The van der Waals surface area contributed by atoms with Crippen molar-refractivity contribution in [2.24, 2.45) is 0 Å². The van der Waals surface area contributed by atoms with Crippen LogP contribution in [0.15, 0.2) is 6.33 Å². The van der Waals surface area contributed by atoms with E-state index in [1.807, 2.05) is 20.8 Å². The fourth-order valence-electron chi connectivity index (χ4n) is 2.63. The number of esters is 1. The minimum absolute atomic E-state index is 0.0221. The molecule has 0 atom stereocenters. The first-order chi connectivity index (χ1) is 11.3. The average Bonchev–Trinajstić information content (AvgIpc) is 2.89. The summed E-state index contributed by atoms with van der Waals surface area (Å²) >= 11 is 0. The minimum Gasteiger partial charge on any atom is -0.459 e. The number of carbonyl (C=O) groups excluding carboxylic acids is 1. The molecule has 130 valence electrons.